The van der Waals surface area contributed by atoms with E-state index in [1.807, 2.05) is 6.07 Å². The van der Waals surface area contributed by atoms with E-state index < -0.39 is 16.1 Å². The van der Waals surface area contributed by atoms with Crippen molar-refractivity contribution in [2.45, 2.75) is 17.9 Å². The zero-order valence-corrected chi connectivity index (χ0v) is 12.5. The molecule has 0 aromatic heterocycles. The maximum absolute atomic E-state index is 12.0. The second-order valence-electron chi connectivity index (χ2n) is 4.21. The minimum Gasteiger partial charge on any atom is -0.392 e. The van der Waals surface area contributed by atoms with E-state index in [1.165, 1.54) is 18.2 Å². The smallest absolute Gasteiger partial charge is 0.242 e. The van der Waals surface area contributed by atoms with Crippen LogP contribution in [0.5, 0.6) is 0 Å². The molecule has 1 aromatic rings. The number of halogens is 1. The third kappa shape index (κ3) is 5.07. The summed E-state index contributed by atoms with van der Waals surface area (Å²) in [6.45, 7) is 2.58. The van der Waals surface area contributed by atoms with Crippen LogP contribution in [0.15, 0.2) is 23.1 Å². The van der Waals surface area contributed by atoms with Crippen LogP contribution >= 0.6 is 11.6 Å². The Morgan fingerprint density at radius 3 is 2.70 bits per heavy atom. The van der Waals surface area contributed by atoms with Crippen LogP contribution in [0.1, 0.15) is 12.5 Å². The molecular formula is C12H16ClN3O3S. The molecule has 0 aliphatic rings. The Hall–Kier alpha value is -1.17. The third-order valence-corrected chi connectivity index (χ3v) is 4.33. The summed E-state index contributed by atoms with van der Waals surface area (Å²) < 4.78 is 26.4. The number of nitrogens with one attached hydrogen (secondary N) is 2. The molecule has 0 bridgehead atoms. The number of aliphatic hydroxyl groups is 1. The van der Waals surface area contributed by atoms with Crippen LogP contribution in [0.3, 0.4) is 0 Å². The molecule has 1 rings (SSSR count). The predicted octanol–water partition coefficient (Wildman–Crippen LogP) is 0.460. The van der Waals surface area contributed by atoms with E-state index in [-0.39, 0.29) is 16.5 Å². The lowest BCUT2D eigenvalue weighted by molar-refractivity contribution is 0.192. The molecule has 0 aliphatic heterocycles. The molecule has 0 radical (unpaired) electrons. The van der Waals surface area contributed by atoms with Crippen LogP contribution in [0.2, 0.25) is 5.02 Å². The highest BCUT2D eigenvalue weighted by Crippen LogP contribution is 2.22. The first-order valence-electron chi connectivity index (χ1n) is 5.95. The van der Waals surface area contributed by atoms with Crippen LogP contribution in [0.4, 0.5) is 0 Å². The Balaban J connectivity index is 2.63. The van der Waals surface area contributed by atoms with Crippen molar-refractivity contribution in [2.24, 2.45) is 0 Å². The van der Waals surface area contributed by atoms with Gasteiger partial charge in [-0.05, 0) is 25.1 Å². The molecule has 6 nitrogen and oxygen atoms in total. The van der Waals surface area contributed by atoms with Gasteiger partial charge in [0.25, 0.3) is 0 Å². The van der Waals surface area contributed by atoms with Crippen molar-refractivity contribution in [1.82, 2.24) is 10.0 Å². The zero-order valence-electron chi connectivity index (χ0n) is 10.9. The number of nitrogens with zero attached hydrogens (tertiary/aromatic N) is 1. The number of sulfonamides is 1. The van der Waals surface area contributed by atoms with E-state index in [2.05, 4.69) is 10.0 Å². The van der Waals surface area contributed by atoms with Gasteiger partial charge in [0.15, 0.2) is 0 Å². The van der Waals surface area contributed by atoms with Crippen LogP contribution in [0, 0.1) is 11.3 Å². The highest BCUT2D eigenvalue weighted by molar-refractivity contribution is 7.89. The van der Waals surface area contributed by atoms with Crippen molar-refractivity contribution in [3.05, 3.63) is 28.8 Å². The van der Waals surface area contributed by atoms with E-state index in [0.29, 0.717) is 18.7 Å². The fraction of sp³-hybridized carbons (Fsp3) is 0.417. The van der Waals surface area contributed by atoms with Gasteiger partial charge in [-0.15, -0.1) is 0 Å². The van der Waals surface area contributed by atoms with Gasteiger partial charge >= 0.3 is 0 Å². The average Bonchev–Trinajstić information content (AvgIpc) is 2.37. The quantitative estimate of drug-likeness (QED) is 0.634. The van der Waals surface area contributed by atoms with Crippen LogP contribution in [-0.2, 0) is 10.0 Å². The lowest BCUT2D eigenvalue weighted by Gasteiger charge is -2.10. The van der Waals surface area contributed by atoms with Gasteiger partial charge in [0.05, 0.1) is 22.8 Å². The second-order valence-corrected chi connectivity index (χ2v) is 6.35. The topological polar surface area (TPSA) is 102 Å². The first-order chi connectivity index (χ1) is 9.36. The molecule has 0 amide bonds. The number of hydrogen-bond donors (Lipinski definition) is 3. The molecule has 0 saturated carbocycles. The number of aliphatic hydroxyl groups excluding tert-OH is 1. The van der Waals surface area contributed by atoms with E-state index in [0.717, 1.165) is 0 Å². The predicted molar refractivity (Wildman–Crippen MR) is 75.9 cm³/mol. The Morgan fingerprint density at radius 2 is 2.15 bits per heavy atom. The lowest BCUT2D eigenvalue weighted by atomic mass is 10.2. The first-order valence-corrected chi connectivity index (χ1v) is 7.81. The first kappa shape index (κ1) is 16.9. The zero-order chi connectivity index (χ0) is 15.2. The van der Waals surface area contributed by atoms with Crippen LogP contribution < -0.4 is 10.0 Å². The van der Waals surface area contributed by atoms with Crippen molar-refractivity contribution in [3.8, 4) is 6.07 Å². The van der Waals surface area contributed by atoms with Crippen LogP contribution in [0.25, 0.3) is 0 Å². The molecule has 1 aromatic carbocycles. The molecule has 0 spiro atoms. The summed E-state index contributed by atoms with van der Waals surface area (Å²) in [6, 6.07) is 5.88. The maximum Gasteiger partial charge on any atom is 0.242 e. The Bertz CT molecular complexity index is 596. The lowest BCUT2D eigenvalue weighted by Crippen LogP contribution is -2.34. The highest BCUT2D eigenvalue weighted by atomic mass is 35.5. The molecule has 0 saturated heterocycles. The highest BCUT2D eigenvalue weighted by Gasteiger charge is 2.17. The minimum absolute atomic E-state index is 0.00786. The van der Waals surface area contributed by atoms with E-state index in [9.17, 15) is 8.42 Å². The molecular weight excluding hydrogens is 302 g/mol. The monoisotopic (exact) mass is 317 g/mol. The van der Waals surface area contributed by atoms with Crippen molar-refractivity contribution in [1.29, 1.82) is 5.26 Å². The summed E-state index contributed by atoms with van der Waals surface area (Å²) in [5, 5.41) is 20.6. The summed E-state index contributed by atoms with van der Waals surface area (Å²) >= 11 is 5.86. The molecule has 110 valence electrons. The minimum atomic E-state index is -3.71. The second kappa shape index (κ2) is 7.57. The third-order valence-electron chi connectivity index (χ3n) is 2.38. The van der Waals surface area contributed by atoms with Gasteiger partial charge in [0.2, 0.25) is 10.0 Å². The summed E-state index contributed by atoms with van der Waals surface area (Å²) in [4.78, 5) is -0.0614. The standard InChI is InChI=1S/C12H16ClN3O3S/c1-9(17)8-15-4-5-16-20(18,19)12-3-2-10(7-14)6-11(12)13/h2-3,6,9,15-17H,4-5,8H2,1H3. The van der Waals surface area contributed by atoms with Crippen molar-refractivity contribution in [3.63, 3.8) is 0 Å². The molecule has 0 aliphatic carbocycles. The molecule has 20 heavy (non-hydrogen) atoms. The molecule has 0 fully saturated rings. The van der Waals surface area contributed by atoms with Gasteiger partial charge < -0.3 is 10.4 Å². The number of rotatable bonds is 7. The van der Waals surface area contributed by atoms with Gasteiger partial charge in [-0.3, -0.25) is 0 Å². The normalized spacial score (nSPS) is 12.9. The largest absolute Gasteiger partial charge is 0.392 e. The van der Waals surface area contributed by atoms with Gasteiger partial charge in [-0.25, -0.2) is 13.1 Å². The van der Waals surface area contributed by atoms with Crippen LogP contribution in [-0.4, -0.2) is 39.3 Å². The number of hydrogen-bond acceptors (Lipinski definition) is 5. The summed E-state index contributed by atoms with van der Waals surface area (Å²) in [5.74, 6) is 0. The number of nitriles is 1. The Kier molecular flexibility index (Phi) is 6.39. The Labute approximate surface area is 123 Å². The van der Waals surface area contributed by atoms with Crippen molar-refractivity contribution < 1.29 is 13.5 Å². The fourth-order valence-corrected chi connectivity index (χ4v) is 3.03. The van der Waals surface area contributed by atoms with Gasteiger partial charge in [0, 0.05) is 19.6 Å². The van der Waals surface area contributed by atoms with Crippen molar-refractivity contribution in [2.75, 3.05) is 19.6 Å². The SMILES string of the molecule is CC(O)CNCCNS(=O)(=O)c1ccc(C#N)cc1Cl. The summed E-state index contributed by atoms with van der Waals surface area (Å²) in [7, 11) is -3.71. The van der Waals surface area contributed by atoms with E-state index in [4.69, 9.17) is 22.0 Å². The fourth-order valence-electron chi connectivity index (χ4n) is 1.45. The molecule has 8 heteroatoms. The maximum atomic E-state index is 12.0. The number of benzene rings is 1. The average molecular weight is 318 g/mol. The van der Waals surface area contributed by atoms with Gasteiger partial charge in [-0.2, -0.15) is 5.26 Å². The van der Waals surface area contributed by atoms with Gasteiger partial charge in [-0.1, -0.05) is 11.6 Å². The molecule has 3 N–H and O–H groups in total. The Morgan fingerprint density at radius 1 is 1.45 bits per heavy atom. The van der Waals surface area contributed by atoms with Crippen molar-refractivity contribution >= 4 is 21.6 Å². The summed E-state index contributed by atoms with van der Waals surface area (Å²) in [5.41, 5.74) is 0.299. The summed E-state index contributed by atoms with van der Waals surface area (Å²) in [6.07, 6.45) is -0.487. The molecule has 1 atom stereocenters. The molecule has 0 heterocycles. The van der Waals surface area contributed by atoms with E-state index in [1.54, 1.807) is 6.92 Å². The molecule has 1 unspecified atom stereocenters. The van der Waals surface area contributed by atoms with Gasteiger partial charge in [0.1, 0.15) is 4.90 Å². The van der Waals surface area contributed by atoms with E-state index >= 15 is 0 Å².